The molecule has 0 bridgehead atoms. The van der Waals surface area contributed by atoms with Gasteiger partial charge in [0.05, 0.1) is 21.8 Å². The van der Waals surface area contributed by atoms with Gasteiger partial charge in [0, 0.05) is 0 Å². The minimum absolute atomic E-state index is 0.0767. The van der Waals surface area contributed by atoms with Gasteiger partial charge in [0.15, 0.2) is 4.71 Å². The van der Waals surface area contributed by atoms with E-state index in [-0.39, 0.29) is 5.95 Å². The zero-order chi connectivity index (χ0) is 16.4. The summed E-state index contributed by atoms with van der Waals surface area (Å²) >= 11 is 17.1. The van der Waals surface area contributed by atoms with Crippen molar-refractivity contribution >= 4 is 56.8 Å². The number of alkyl halides is 2. The van der Waals surface area contributed by atoms with Gasteiger partial charge in [-0.3, -0.25) is 5.32 Å². The first-order valence-electron chi connectivity index (χ1n) is 5.66. The number of aryl methyl sites for hydroxylation is 2. The van der Waals surface area contributed by atoms with Crippen LogP contribution in [0.15, 0.2) is 0 Å². The van der Waals surface area contributed by atoms with Crippen LogP contribution >= 0.6 is 34.8 Å². The van der Waals surface area contributed by atoms with E-state index in [4.69, 9.17) is 34.8 Å². The SMILES string of the molecule is Cc1nc(NC(=O)NS(=O)(=O)C(Cl)C(C)Cl)nc(C)c1Cl. The van der Waals surface area contributed by atoms with Gasteiger partial charge in [-0.05, 0) is 20.8 Å². The van der Waals surface area contributed by atoms with Gasteiger partial charge in [-0.1, -0.05) is 11.6 Å². The largest absolute Gasteiger partial charge is 0.335 e. The first-order valence-corrected chi connectivity index (χ1v) is 8.45. The summed E-state index contributed by atoms with van der Waals surface area (Å²) in [7, 11) is -4.12. The van der Waals surface area contributed by atoms with Crippen LogP contribution in [0.25, 0.3) is 0 Å². The van der Waals surface area contributed by atoms with Crippen molar-refractivity contribution in [2.24, 2.45) is 0 Å². The quantitative estimate of drug-likeness (QED) is 0.787. The summed E-state index contributed by atoms with van der Waals surface area (Å²) < 4.78 is 23.7. The van der Waals surface area contributed by atoms with Crippen LogP contribution in [-0.4, -0.2) is 34.5 Å². The number of aromatic nitrogens is 2. The van der Waals surface area contributed by atoms with Crippen molar-refractivity contribution < 1.29 is 13.2 Å². The summed E-state index contributed by atoms with van der Waals surface area (Å²) in [5, 5.41) is 1.67. The molecule has 0 spiro atoms. The summed E-state index contributed by atoms with van der Waals surface area (Å²) in [6.07, 6.45) is 0. The fourth-order valence-corrected chi connectivity index (χ4v) is 2.86. The standard InChI is InChI=1S/C10H13Cl3N4O3S/c1-4(11)8(13)21(19,20)17-10(18)16-9-14-5(2)7(12)6(3)15-9/h4,8H,1-3H3,(H2,14,15,16,17,18). The second-order valence-electron chi connectivity index (χ2n) is 4.16. The number of anilines is 1. The number of nitrogens with zero attached hydrogens (tertiary/aromatic N) is 2. The Labute approximate surface area is 137 Å². The van der Waals surface area contributed by atoms with Gasteiger partial charge in [0.2, 0.25) is 5.95 Å². The summed E-state index contributed by atoms with van der Waals surface area (Å²) in [5.74, 6) is -0.0767. The lowest BCUT2D eigenvalue weighted by Crippen LogP contribution is -2.41. The topological polar surface area (TPSA) is 101 Å². The molecule has 0 radical (unpaired) electrons. The van der Waals surface area contributed by atoms with Crippen molar-refractivity contribution in [1.29, 1.82) is 0 Å². The van der Waals surface area contributed by atoms with Crippen LogP contribution in [0.2, 0.25) is 5.02 Å². The maximum atomic E-state index is 11.7. The van der Waals surface area contributed by atoms with E-state index in [9.17, 15) is 13.2 Å². The van der Waals surface area contributed by atoms with E-state index in [0.29, 0.717) is 16.4 Å². The maximum absolute atomic E-state index is 11.7. The number of carbonyl (C=O) groups is 1. The third-order valence-corrected chi connectivity index (χ3v) is 5.93. The first kappa shape index (κ1) is 18.2. The predicted molar refractivity (Wildman–Crippen MR) is 82.5 cm³/mol. The zero-order valence-corrected chi connectivity index (χ0v) is 14.4. The highest BCUT2D eigenvalue weighted by Gasteiger charge is 2.29. The normalized spacial score (nSPS) is 14.4. The molecule has 21 heavy (non-hydrogen) atoms. The smallest absolute Gasteiger partial charge is 0.275 e. The van der Waals surface area contributed by atoms with Gasteiger partial charge in [-0.15, -0.1) is 23.2 Å². The van der Waals surface area contributed by atoms with Gasteiger partial charge >= 0.3 is 6.03 Å². The highest BCUT2D eigenvalue weighted by molar-refractivity contribution is 7.92. The van der Waals surface area contributed by atoms with Crippen LogP contribution in [0.1, 0.15) is 18.3 Å². The molecule has 1 aromatic heterocycles. The van der Waals surface area contributed by atoms with Gasteiger partial charge in [-0.2, -0.15) is 0 Å². The number of nitrogens with one attached hydrogen (secondary N) is 2. The number of halogens is 3. The molecule has 1 rings (SSSR count). The van der Waals surface area contributed by atoms with Crippen LogP contribution in [0.4, 0.5) is 10.7 Å². The molecule has 7 nitrogen and oxygen atoms in total. The number of urea groups is 1. The highest BCUT2D eigenvalue weighted by Crippen LogP contribution is 2.18. The van der Waals surface area contributed by atoms with Gasteiger partial charge in [0.1, 0.15) is 0 Å². The molecule has 0 fully saturated rings. The van der Waals surface area contributed by atoms with Crippen molar-refractivity contribution in [3.05, 3.63) is 16.4 Å². The molecule has 118 valence electrons. The Bertz CT molecular complexity index is 628. The Hall–Kier alpha value is -0.830. The summed E-state index contributed by atoms with van der Waals surface area (Å²) in [4.78, 5) is 19.5. The Balaban J connectivity index is 2.84. The van der Waals surface area contributed by atoms with Crippen LogP contribution in [0, 0.1) is 13.8 Å². The summed E-state index contributed by atoms with van der Waals surface area (Å²) in [5.41, 5.74) is 0.902. The molecule has 0 saturated carbocycles. The Morgan fingerprint density at radius 3 is 2.10 bits per heavy atom. The average molecular weight is 376 g/mol. The fourth-order valence-electron chi connectivity index (χ4n) is 1.32. The number of amides is 2. The second kappa shape index (κ2) is 6.95. The van der Waals surface area contributed by atoms with Crippen molar-refractivity contribution in [3.63, 3.8) is 0 Å². The molecule has 11 heteroatoms. The molecule has 1 heterocycles. The van der Waals surface area contributed by atoms with Crippen molar-refractivity contribution in [1.82, 2.24) is 14.7 Å². The van der Waals surface area contributed by atoms with E-state index in [2.05, 4.69) is 15.3 Å². The van der Waals surface area contributed by atoms with Crippen molar-refractivity contribution in [3.8, 4) is 0 Å². The Kier molecular flexibility index (Phi) is 6.03. The van der Waals surface area contributed by atoms with E-state index in [1.54, 1.807) is 18.6 Å². The molecule has 0 aliphatic heterocycles. The van der Waals surface area contributed by atoms with Crippen molar-refractivity contribution in [2.45, 2.75) is 30.9 Å². The lowest BCUT2D eigenvalue weighted by molar-refractivity contribution is 0.256. The lowest BCUT2D eigenvalue weighted by atomic mass is 10.3. The minimum Gasteiger partial charge on any atom is -0.275 e. The molecule has 2 unspecified atom stereocenters. The fraction of sp³-hybridized carbons (Fsp3) is 0.500. The molecule has 0 aliphatic carbocycles. The van der Waals surface area contributed by atoms with Gasteiger partial charge < -0.3 is 0 Å². The monoisotopic (exact) mass is 374 g/mol. The third-order valence-electron chi connectivity index (χ3n) is 2.30. The number of rotatable bonds is 4. The molecular formula is C10H13Cl3N4O3S. The maximum Gasteiger partial charge on any atom is 0.335 e. The van der Waals surface area contributed by atoms with Crippen LogP contribution in [-0.2, 0) is 10.0 Å². The average Bonchev–Trinajstić information content (AvgIpc) is 2.33. The molecule has 2 atom stereocenters. The van der Waals surface area contributed by atoms with Crippen LogP contribution in [0.5, 0.6) is 0 Å². The van der Waals surface area contributed by atoms with E-state index in [1.165, 1.54) is 6.92 Å². The molecule has 0 saturated heterocycles. The lowest BCUT2D eigenvalue weighted by Gasteiger charge is -2.14. The Morgan fingerprint density at radius 2 is 1.67 bits per heavy atom. The van der Waals surface area contributed by atoms with E-state index in [1.807, 2.05) is 0 Å². The zero-order valence-electron chi connectivity index (χ0n) is 11.3. The summed E-state index contributed by atoms with van der Waals surface area (Å²) in [6.45, 7) is 4.65. The van der Waals surface area contributed by atoms with Gasteiger partial charge in [-0.25, -0.2) is 27.9 Å². The van der Waals surface area contributed by atoms with Crippen LogP contribution in [0.3, 0.4) is 0 Å². The third kappa shape index (κ3) is 4.84. The Morgan fingerprint density at radius 1 is 1.19 bits per heavy atom. The van der Waals surface area contributed by atoms with Crippen LogP contribution < -0.4 is 10.0 Å². The minimum atomic E-state index is -4.12. The van der Waals surface area contributed by atoms with Crippen molar-refractivity contribution in [2.75, 3.05) is 5.32 Å². The van der Waals surface area contributed by atoms with E-state index in [0.717, 1.165) is 0 Å². The molecule has 2 N–H and O–H groups in total. The first-order chi connectivity index (χ1) is 9.54. The number of sulfonamides is 1. The molecule has 0 aliphatic rings. The number of hydrogen-bond donors (Lipinski definition) is 2. The molecule has 2 amide bonds. The summed E-state index contributed by atoms with van der Waals surface area (Å²) in [6, 6.07) is -1.04. The molecule has 1 aromatic rings. The molecule has 0 aromatic carbocycles. The van der Waals surface area contributed by atoms with E-state index < -0.39 is 26.1 Å². The van der Waals surface area contributed by atoms with Gasteiger partial charge in [0.25, 0.3) is 10.0 Å². The van der Waals surface area contributed by atoms with E-state index >= 15 is 0 Å². The highest BCUT2D eigenvalue weighted by atomic mass is 35.5. The number of carbonyl (C=O) groups excluding carboxylic acids is 1. The second-order valence-corrected chi connectivity index (χ2v) is 7.76. The predicted octanol–water partition coefficient (Wildman–Crippen LogP) is 2.39. The molecular weight excluding hydrogens is 363 g/mol. The number of hydrogen-bond acceptors (Lipinski definition) is 5.